The molecule has 1 atom stereocenters. The molecule has 88 valence electrons. The Morgan fingerprint density at radius 3 is 2.76 bits per heavy atom. The Hall–Kier alpha value is -1.39. The van der Waals surface area contributed by atoms with Crippen molar-refractivity contribution in [1.82, 2.24) is 4.98 Å². The van der Waals surface area contributed by atoms with E-state index in [9.17, 15) is 5.11 Å². The summed E-state index contributed by atoms with van der Waals surface area (Å²) in [6.45, 7) is 0. The Bertz CT molecular complexity index is 516. The van der Waals surface area contributed by atoms with Crippen LogP contribution in [0.3, 0.4) is 0 Å². The van der Waals surface area contributed by atoms with E-state index in [1.54, 1.807) is 25.6 Å². The zero-order valence-corrected chi connectivity index (χ0v) is 10.9. The third-order valence-electron chi connectivity index (χ3n) is 2.49. The van der Waals surface area contributed by atoms with E-state index in [4.69, 9.17) is 4.74 Å². The van der Waals surface area contributed by atoms with Crippen molar-refractivity contribution in [2.45, 2.75) is 6.10 Å². The van der Waals surface area contributed by atoms with E-state index in [-0.39, 0.29) is 0 Å². The molecule has 0 bridgehead atoms. The van der Waals surface area contributed by atoms with Gasteiger partial charge in [0.05, 0.1) is 13.3 Å². The number of aliphatic hydroxyl groups is 1. The van der Waals surface area contributed by atoms with Gasteiger partial charge in [-0.3, -0.25) is 4.98 Å². The minimum atomic E-state index is -0.715. The molecule has 1 heterocycles. The summed E-state index contributed by atoms with van der Waals surface area (Å²) in [5.74, 6) is 0.633. The summed E-state index contributed by atoms with van der Waals surface area (Å²) >= 11 is 3.42. The van der Waals surface area contributed by atoms with E-state index in [0.29, 0.717) is 11.3 Å². The molecule has 0 amide bonds. The van der Waals surface area contributed by atoms with Crippen LogP contribution in [0.2, 0.25) is 0 Å². The first-order valence-electron chi connectivity index (χ1n) is 5.14. The molecule has 1 unspecified atom stereocenters. The van der Waals surface area contributed by atoms with Crippen LogP contribution in [0.25, 0.3) is 0 Å². The third kappa shape index (κ3) is 2.65. The Kier molecular flexibility index (Phi) is 3.76. The molecular weight excluding hydrogens is 282 g/mol. The molecule has 2 rings (SSSR count). The number of aromatic nitrogens is 1. The van der Waals surface area contributed by atoms with Crippen molar-refractivity contribution in [3.05, 3.63) is 58.3 Å². The van der Waals surface area contributed by atoms with Gasteiger partial charge in [-0.2, -0.15) is 0 Å². The smallest absolute Gasteiger partial charge is 0.137 e. The van der Waals surface area contributed by atoms with Gasteiger partial charge in [0.25, 0.3) is 0 Å². The first-order chi connectivity index (χ1) is 8.22. The fourth-order valence-corrected chi connectivity index (χ4v) is 2.07. The zero-order valence-electron chi connectivity index (χ0n) is 9.30. The Balaban J connectivity index is 2.37. The van der Waals surface area contributed by atoms with Gasteiger partial charge in [0.15, 0.2) is 0 Å². The standard InChI is InChI=1S/C13H12BrNO2/c1-17-10-6-9(7-15-8-10)13(16)11-4-2-3-5-12(11)14/h2-8,13,16H,1H3. The number of nitrogens with zero attached hydrogens (tertiary/aromatic N) is 1. The molecule has 0 aliphatic heterocycles. The van der Waals surface area contributed by atoms with Gasteiger partial charge in [-0.1, -0.05) is 34.1 Å². The SMILES string of the molecule is COc1cncc(C(O)c2ccccc2Br)c1. The lowest BCUT2D eigenvalue weighted by Crippen LogP contribution is -2.01. The molecule has 0 aliphatic carbocycles. The summed E-state index contributed by atoms with van der Waals surface area (Å²) in [6.07, 6.45) is 2.52. The van der Waals surface area contributed by atoms with E-state index < -0.39 is 6.10 Å². The second-order valence-electron chi connectivity index (χ2n) is 3.58. The van der Waals surface area contributed by atoms with Gasteiger partial charge in [0.2, 0.25) is 0 Å². The summed E-state index contributed by atoms with van der Waals surface area (Å²) in [5, 5.41) is 10.3. The summed E-state index contributed by atoms with van der Waals surface area (Å²) in [6, 6.07) is 9.33. The van der Waals surface area contributed by atoms with Crippen molar-refractivity contribution >= 4 is 15.9 Å². The van der Waals surface area contributed by atoms with Gasteiger partial charge in [-0.05, 0) is 17.7 Å². The van der Waals surface area contributed by atoms with Crippen molar-refractivity contribution in [1.29, 1.82) is 0 Å². The second-order valence-corrected chi connectivity index (χ2v) is 4.44. The first-order valence-corrected chi connectivity index (χ1v) is 5.93. The van der Waals surface area contributed by atoms with Crippen molar-refractivity contribution in [2.75, 3.05) is 7.11 Å². The predicted octanol–water partition coefficient (Wildman–Crippen LogP) is 2.93. The van der Waals surface area contributed by atoms with E-state index in [2.05, 4.69) is 20.9 Å². The highest BCUT2D eigenvalue weighted by atomic mass is 79.9. The number of hydrogen-bond donors (Lipinski definition) is 1. The summed E-state index contributed by atoms with van der Waals surface area (Å²) < 4.78 is 5.96. The largest absolute Gasteiger partial charge is 0.495 e. The highest BCUT2D eigenvalue weighted by Gasteiger charge is 2.14. The van der Waals surface area contributed by atoms with Crippen LogP contribution in [0.5, 0.6) is 5.75 Å². The molecule has 0 radical (unpaired) electrons. The molecule has 0 aliphatic rings. The molecule has 17 heavy (non-hydrogen) atoms. The maximum atomic E-state index is 10.3. The topological polar surface area (TPSA) is 42.4 Å². The third-order valence-corrected chi connectivity index (χ3v) is 3.21. The lowest BCUT2D eigenvalue weighted by Gasteiger charge is -2.13. The van der Waals surface area contributed by atoms with Crippen molar-refractivity contribution < 1.29 is 9.84 Å². The van der Waals surface area contributed by atoms with E-state index in [1.807, 2.05) is 24.3 Å². The monoisotopic (exact) mass is 293 g/mol. The predicted molar refractivity (Wildman–Crippen MR) is 69.0 cm³/mol. The number of ether oxygens (including phenoxy) is 1. The van der Waals surface area contributed by atoms with E-state index in [1.165, 1.54) is 0 Å². The quantitative estimate of drug-likeness (QED) is 0.946. The average Bonchev–Trinajstić information content (AvgIpc) is 2.38. The molecule has 3 nitrogen and oxygen atoms in total. The Morgan fingerprint density at radius 2 is 2.06 bits per heavy atom. The van der Waals surface area contributed by atoms with Crippen LogP contribution in [0, 0.1) is 0 Å². The van der Waals surface area contributed by atoms with E-state index >= 15 is 0 Å². The van der Waals surface area contributed by atoms with Crippen molar-refractivity contribution in [3.63, 3.8) is 0 Å². The van der Waals surface area contributed by atoms with Gasteiger partial charge in [0, 0.05) is 16.2 Å². The van der Waals surface area contributed by atoms with Crippen LogP contribution in [-0.2, 0) is 0 Å². The van der Waals surface area contributed by atoms with Crippen LogP contribution < -0.4 is 4.74 Å². The van der Waals surface area contributed by atoms with Crippen LogP contribution in [-0.4, -0.2) is 17.2 Å². The van der Waals surface area contributed by atoms with Crippen molar-refractivity contribution in [2.24, 2.45) is 0 Å². The highest BCUT2D eigenvalue weighted by Crippen LogP contribution is 2.29. The number of aliphatic hydroxyl groups excluding tert-OH is 1. The molecule has 1 aromatic carbocycles. The number of benzene rings is 1. The van der Waals surface area contributed by atoms with Crippen LogP contribution in [0.15, 0.2) is 47.2 Å². The second kappa shape index (κ2) is 5.29. The van der Waals surface area contributed by atoms with Gasteiger partial charge >= 0.3 is 0 Å². The van der Waals surface area contributed by atoms with Gasteiger partial charge in [0.1, 0.15) is 11.9 Å². The molecule has 2 aromatic rings. The molecule has 0 saturated heterocycles. The fraction of sp³-hybridized carbons (Fsp3) is 0.154. The number of pyridine rings is 1. The summed E-state index contributed by atoms with van der Waals surface area (Å²) in [4.78, 5) is 4.03. The molecule has 1 aromatic heterocycles. The van der Waals surface area contributed by atoms with Crippen molar-refractivity contribution in [3.8, 4) is 5.75 Å². The maximum absolute atomic E-state index is 10.3. The molecule has 4 heteroatoms. The van der Waals surface area contributed by atoms with Crippen LogP contribution >= 0.6 is 15.9 Å². The number of rotatable bonds is 3. The lowest BCUT2D eigenvalue weighted by atomic mass is 10.0. The van der Waals surface area contributed by atoms with Gasteiger partial charge < -0.3 is 9.84 Å². The minimum absolute atomic E-state index is 0.633. The average molecular weight is 294 g/mol. The molecule has 1 N–H and O–H groups in total. The zero-order chi connectivity index (χ0) is 12.3. The summed E-state index contributed by atoms with van der Waals surface area (Å²) in [5.41, 5.74) is 1.51. The van der Waals surface area contributed by atoms with Crippen LogP contribution in [0.4, 0.5) is 0 Å². The van der Waals surface area contributed by atoms with E-state index in [0.717, 1.165) is 10.0 Å². The van der Waals surface area contributed by atoms with Gasteiger partial charge in [-0.25, -0.2) is 0 Å². The normalized spacial score (nSPS) is 12.2. The number of methoxy groups -OCH3 is 1. The summed E-state index contributed by atoms with van der Waals surface area (Å²) in [7, 11) is 1.58. The minimum Gasteiger partial charge on any atom is -0.495 e. The first kappa shape index (κ1) is 12.1. The molecule has 0 spiro atoms. The Labute approximate surface area is 108 Å². The van der Waals surface area contributed by atoms with Crippen LogP contribution in [0.1, 0.15) is 17.2 Å². The Morgan fingerprint density at radius 1 is 1.29 bits per heavy atom. The molecule has 0 saturated carbocycles. The lowest BCUT2D eigenvalue weighted by molar-refractivity contribution is 0.218. The highest BCUT2D eigenvalue weighted by molar-refractivity contribution is 9.10. The number of halogens is 1. The molecule has 0 fully saturated rings. The molecular formula is C13H12BrNO2. The fourth-order valence-electron chi connectivity index (χ4n) is 1.57. The van der Waals surface area contributed by atoms with Gasteiger partial charge in [-0.15, -0.1) is 0 Å². The maximum Gasteiger partial charge on any atom is 0.137 e. The number of hydrogen-bond acceptors (Lipinski definition) is 3.